The molecule has 2 aromatic heterocycles. The summed E-state index contributed by atoms with van der Waals surface area (Å²) in [5.41, 5.74) is 2.68. The molecule has 10 heteroatoms. The van der Waals surface area contributed by atoms with Crippen molar-refractivity contribution in [2.24, 2.45) is 5.92 Å². The maximum absolute atomic E-state index is 13.4. The first-order chi connectivity index (χ1) is 18.5. The van der Waals surface area contributed by atoms with Gasteiger partial charge in [-0.1, -0.05) is 6.07 Å². The zero-order valence-electron chi connectivity index (χ0n) is 21.3. The van der Waals surface area contributed by atoms with E-state index in [1.54, 1.807) is 19.5 Å². The molecule has 2 aliphatic heterocycles. The number of nitriles is 1. The van der Waals surface area contributed by atoms with Gasteiger partial charge < -0.3 is 20.1 Å². The third-order valence-corrected chi connectivity index (χ3v) is 7.96. The lowest BCUT2D eigenvalue weighted by molar-refractivity contribution is 0.0287. The second kappa shape index (κ2) is 10.1. The van der Waals surface area contributed by atoms with Gasteiger partial charge in [0.15, 0.2) is 5.75 Å². The maximum atomic E-state index is 13.4. The zero-order chi connectivity index (χ0) is 26.2. The summed E-state index contributed by atoms with van der Waals surface area (Å²) in [4.78, 5) is 24.5. The summed E-state index contributed by atoms with van der Waals surface area (Å²) in [5.74, 6) is 1.38. The van der Waals surface area contributed by atoms with Gasteiger partial charge >= 0.3 is 0 Å². The summed E-state index contributed by atoms with van der Waals surface area (Å²) < 4.78 is 7.39. The van der Waals surface area contributed by atoms with Crippen molar-refractivity contribution in [2.75, 3.05) is 12.4 Å². The van der Waals surface area contributed by atoms with Gasteiger partial charge in [0, 0.05) is 35.1 Å². The Bertz CT molecular complexity index is 1360. The predicted octanol–water partition coefficient (Wildman–Crippen LogP) is 4.08. The fraction of sp³-hybridized carbons (Fsp3) is 0.464. The molecule has 4 heterocycles. The fourth-order valence-corrected chi connectivity index (χ4v) is 5.97. The predicted molar refractivity (Wildman–Crippen MR) is 140 cm³/mol. The number of fused-ring (bicyclic) bond motifs is 2. The van der Waals surface area contributed by atoms with E-state index in [1.807, 2.05) is 40.0 Å². The van der Waals surface area contributed by atoms with Crippen LogP contribution < -0.4 is 10.1 Å². The number of benzene rings is 1. The number of nitrogens with one attached hydrogen (secondary N) is 1. The minimum atomic E-state index is -0.316. The van der Waals surface area contributed by atoms with E-state index in [0.717, 1.165) is 31.2 Å². The number of carbonyl (C=O) groups is 1. The Kier molecular flexibility index (Phi) is 6.45. The lowest BCUT2D eigenvalue weighted by Gasteiger charge is -2.37. The molecule has 3 aromatic rings. The van der Waals surface area contributed by atoms with E-state index in [9.17, 15) is 15.2 Å². The Balaban J connectivity index is 1.23. The van der Waals surface area contributed by atoms with Gasteiger partial charge in [-0.3, -0.25) is 9.48 Å². The minimum absolute atomic E-state index is 0.000566. The van der Waals surface area contributed by atoms with Crippen LogP contribution in [0.15, 0.2) is 42.9 Å². The number of methoxy groups -OCH3 is 1. The number of anilines is 2. The number of hydrogen-bond acceptors (Lipinski definition) is 8. The van der Waals surface area contributed by atoms with Crippen molar-refractivity contribution >= 4 is 17.5 Å². The van der Waals surface area contributed by atoms with Crippen LogP contribution in [0, 0.1) is 17.2 Å². The van der Waals surface area contributed by atoms with Crippen LogP contribution in [0.1, 0.15) is 61.3 Å². The van der Waals surface area contributed by atoms with Crippen LogP contribution in [-0.4, -0.2) is 61.0 Å². The molecule has 3 aliphatic rings. The number of amides is 1. The van der Waals surface area contributed by atoms with Crippen LogP contribution in [-0.2, 0) is 0 Å². The van der Waals surface area contributed by atoms with E-state index >= 15 is 0 Å². The quantitative estimate of drug-likeness (QED) is 0.461. The number of piperidine rings is 1. The molecule has 6 rings (SSSR count). The number of aliphatic hydroxyl groups is 1. The van der Waals surface area contributed by atoms with E-state index in [0.29, 0.717) is 53.8 Å². The van der Waals surface area contributed by atoms with Gasteiger partial charge in [0.2, 0.25) is 5.95 Å². The highest BCUT2D eigenvalue weighted by Gasteiger charge is 2.43. The van der Waals surface area contributed by atoms with E-state index in [1.165, 1.54) is 0 Å². The lowest BCUT2D eigenvalue weighted by Crippen LogP contribution is -2.48. The highest BCUT2D eigenvalue weighted by molar-refractivity contribution is 5.96. The molecule has 1 aromatic carbocycles. The molecule has 2 saturated heterocycles. The van der Waals surface area contributed by atoms with Gasteiger partial charge in [-0.05, 0) is 62.6 Å². The van der Waals surface area contributed by atoms with E-state index in [4.69, 9.17) is 9.72 Å². The number of nitrogens with zero attached hydrogens (tertiary/aromatic N) is 6. The molecule has 2 N–H and O–H groups in total. The molecular weight excluding hydrogens is 482 g/mol. The topological polar surface area (TPSA) is 129 Å². The lowest BCUT2D eigenvalue weighted by atomic mass is 9.98. The summed E-state index contributed by atoms with van der Waals surface area (Å²) in [7, 11) is 1.57. The van der Waals surface area contributed by atoms with Gasteiger partial charge in [-0.25, -0.2) is 9.97 Å². The summed E-state index contributed by atoms with van der Waals surface area (Å²) in [5, 5.41) is 27.1. The normalized spacial score (nSPS) is 23.1. The number of hydrogen-bond donors (Lipinski definition) is 2. The standard InChI is InChI=1S/C28H31N7O3/c1-38-25-15-30-28(33-26(25)19-14-31-34(16-19)24(9-10-29)17-5-6-17)32-20-4-2-3-18(11-20)27(37)35-21-7-8-22(35)13-23(36)12-21/h2-4,11,14-17,21-24,36H,5-9,12-13H2,1H3,(H,30,32,33)/t21-,22+,23+,24?. The van der Waals surface area contributed by atoms with Crippen LogP contribution in [0.25, 0.3) is 11.3 Å². The first kappa shape index (κ1) is 24.4. The van der Waals surface area contributed by atoms with Crippen molar-refractivity contribution in [3.8, 4) is 23.1 Å². The van der Waals surface area contributed by atoms with E-state index in [-0.39, 0.29) is 30.1 Å². The monoisotopic (exact) mass is 513 g/mol. The number of carbonyl (C=O) groups excluding carboxylic acids is 1. The molecule has 1 amide bonds. The smallest absolute Gasteiger partial charge is 0.254 e. The van der Waals surface area contributed by atoms with Crippen LogP contribution >= 0.6 is 0 Å². The van der Waals surface area contributed by atoms with Crippen molar-refractivity contribution in [3.63, 3.8) is 0 Å². The molecule has 2 bridgehead atoms. The molecule has 1 saturated carbocycles. The first-order valence-electron chi connectivity index (χ1n) is 13.2. The molecule has 1 unspecified atom stereocenters. The average molecular weight is 514 g/mol. The van der Waals surface area contributed by atoms with Crippen molar-refractivity contribution in [1.29, 1.82) is 5.26 Å². The molecule has 0 spiro atoms. The Morgan fingerprint density at radius 3 is 2.74 bits per heavy atom. The molecule has 1 aliphatic carbocycles. The van der Waals surface area contributed by atoms with Crippen molar-refractivity contribution in [2.45, 2.75) is 69.2 Å². The average Bonchev–Trinajstić information content (AvgIpc) is 3.58. The number of ether oxygens (including phenoxy) is 1. The van der Waals surface area contributed by atoms with Crippen molar-refractivity contribution in [1.82, 2.24) is 24.6 Å². The Morgan fingerprint density at radius 2 is 2.03 bits per heavy atom. The first-order valence-corrected chi connectivity index (χ1v) is 13.2. The summed E-state index contributed by atoms with van der Waals surface area (Å²) >= 11 is 0. The molecular formula is C28H31N7O3. The molecule has 38 heavy (non-hydrogen) atoms. The van der Waals surface area contributed by atoms with Crippen molar-refractivity contribution in [3.05, 3.63) is 48.4 Å². The maximum Gasteiger partial charge on any atom is 0.254 e. The van der Waals surface area contributed by atoms with Gasteiger partial charge in [0.25, 0.3) is 5.91 Å². The third kappa shape index (κ3) is 4.70. The number of rotatable bonds is 8. The van der Waals surface area contributed by atoms with Crippen molar-refractivity contribution < 1.29 is 14.6 Å². The second-order valence-electron chi connectivity index (χ2n) is 10.5. The Hall–Kier alpha value is -3.97. The highest BCUT2D eigenvalue weighted by Crippen LogP contribution is 2.42. The number of aliphatic hydroxyl groups excluding tert-OH is 1. The second-order valence-corrected chi connectivity index (χ2v) is 10.5. The highest BCUT2D eigenvalue weighted by atomic mass is 16.5. The molecule has 4 atom stereocenters. The fourth-order valence-electron chi connectivity index (χ4n) is 5.97. The van der Waals surface area contributed by atoms with Crippen LogP contribution in [0.5, 0.6) is 5.75 Å². The van der Waals surface area contributed by atoms with Gasteiger partial charge in [0.1, 0.15) is 5.69 Å². The van der Waals surface area contributed by atoms with Gasteiger partial charge in [-0.2, -0.15) is 10.4 Å². The largest absolute Gasteiger partial charge is 0.493 e. The minimum Gasteiger partial charge on any atom is -0.493 e. The molecule has 196 valence electrons. The third-order valence-electron chi connectivity index (χ3n) is 7.96. The Labute approximate surface area is 221 Å². The zero-order valence-corrected chi connectivity index (χ0v) is 21.3. The van der Waals surface area contributed by atoms with Crippen LogP contribution in [0.3, 0.4) is 0 Å². The summed E-state index contributed by atoms with van der Waals surface area (Å²) in [6, 6.07) is 9.92. The van der Waals surface area contributed by atoms with Crippen LogP contribution in [0.4, 0.5) is 11.6 Å². The van der Waals surface area contributed by atoms with Crippen LogP contribution in [0.2, 0.25) is 0 Å². The van der Waals surface area contributed by atoms with Gasteiger partial charge in [-0.15, -0.1) is 0 Å². The number of aromatic nitrogens is 4. The SMILES string of the molecule is COc1cnc(Nc2cccc(C(=O)N3[C@@H]4CC[C@H]3C[C@@H](O)C4)c2)nc1-c1cnn(C(CC#N)C2CC2)c1. The molecule has 0 radical (unpaired) electrons. The molecule has 3 fully saturated rings. The van der Waals surface area contributed by atoms with E-state index in [2.05, 4.69) is 21.5 Å². The van der Waals surface area contributed by atoms with Gasteiger partial charge in [0.05, 0.1) is 44.1 Å². The Morgan fingerprint density at radius 1 is 1.24 bits per heavy atom. The summed E-state index contributed by atoms with van der Waals surface area (Å²) in [6.45, 7) is 0. The van der Waals surface area contributed by atoms with E-state index < -0.39 is 0 Å². The summed E-state index contributed by atoms with van der Waals surface area (Å²) in [6.07, 6.45) is 10.8. The molecule has 10 nitrogen and oxygen atoms in total.